The van der Waals surface area contributed by atoms with Crippen LogP contribution in [0.2, 0.25) is 0 Å². The van der Waals surface area contributed by atoms with Crippen LogP contribution in [0, 0.1) is 5.41 Å². The van der Waals surface area contributed by atoms with Gasteiger partial charge in [0, 0.05) is 44.0 Å². The molecule has 11 heteroatoms. The highest BCUT2D eigenvalue weighted by molar-refractivity contribution is 14.0. The van der Waals surface area contributed by atoms with Crippen LogP contribution < -0.4 is 10.6 Å². The highest BCUT2D eigenvalue weighted by atomic mass is 127. The van der Waals surface area contributed by atoms with E-state index in [4.69, 9.17) is 4.74 Å². The summed E-state index contributed by atoms with van der Waals surface area (Å²) in [6.45, 7) is 5.59. The van der Waals surface area contributed by atoms with Crippen LogP contribution in [0.1, 0.15) is 42.8 Å². The maximum Gasteiger partial charge on any atom is 0.434 e. The number of hydrogen-bond acceptors (Lipinski definition) is 5. The van der Waals surface area contributed by atoms with Crippen molar-refractivity contribution in [1.82, 2.24) is 20.5 Å². The van der Waals surface area contributed by atoms with Crippen LogP contribution in [0.3, 0.4) is 0 Å². The molecule has 0 amide bonds. The monoisotopic (exact) mass is 561 g/mol. The number of guanidine groups is 1. The van der Waals surface area contributed by atoms with Crippen LogP contribution >= 0.6 is 35.3 Å². The van der Waals surface area contributed by atoms with E-state index in [0.717, 1.165) is 56.1 Å². The lowest BCUT2D eigenvalue weighted by Crippen LogP contribution is -2.51. The van der Waals surface area contributed by atoms with Crippen molar-refractivity contribution >= 4 is 41.3 Å². The molecule has 1 aliphatic heterocycles. The summed E-state index contributed by atoms with van der Waals surface area (Å²) in [7, 11) is 1.67. The van der Waals surface area contributed by atoms with Crippen LogP contribution in [0.5, 0.6) is 0 Å². The van der Waals surface area contributed by atoms with Gasteiger partial charge >= 0.3 is 6.18 Å². The van der Waals surface area contributed by atoms with Crippen LogP contribution in [-0.2, 0) is 17.5 Å². The van der Waals surface area contributed by atoms with E-state index in [2.05, 4.69) is 25.5 Å². The molecule has 0 radical (unpaired) electrons. The molecule has 1 saturated heterocycles. The van der Waals surface area contributed by atoms with Crippen molar-refractivity contribution < 1.29 is 17.9 Å². The quantitative estimate of drug-likeness (QED) is 0.315. The lowest BCUT2D eigenvalue weighted by molar-refractivity contribution is -0.140. The molecule has 0 aromatic carbocycles. The first-order valence-electron chi connectivity index (χ1n) is 10.2. The zero-order valence-corrected chi connectivity index (χ0v) is 20.4. The average molecular weight is 561 g/mol. The minimum absolute atomic E-state index is 0. The Hall–Kier alpha value is -0.660. The molecule has 2 N–H and O–H groups in total. The summed E-state index contributed by atoms with van der Waals surface area (Å²) >= 11 is 1.00. The average Bonchev–Trinajstić information content (AvgIpc) is 3.19. The van der Waals surface area contributed by atoms with Gasteiger partial charge < -0.3 is 15.4 Å². The molecule has 6 nitrogen and oxygen atoms in total. The van der Waals surface area contributed by atoms with Crippen molar-refractivity contribution in [3.8, 4) is 0 Å². The van der Waals surface area contributed by atoms with Crippen LogP contribution in [0.25, 0.3) is 0 Å². The number of rotatable bonds is 6. The minimum Gasteiger partial charge on any atom is -0.379 e. The van der Waals surface area contributed by atoms with E-state index in [1.54, 1.807) is 7.05 Å². The van der Waals surface area contributed by atoms with Crippen molar-refractivity contribution in [2.24, 2.45) is 10.4 Å². The Balaban J connectivity index is 0.00000320. The van der Waals surface area contributed by atoms with E-state index in [9.17, 15) is 13.2 Å². The lowest BCUT2D eigenvalue weighted by atomic mass is 9.73. The molecule has 0 spiro atoms. The Labute approximate surface area is 197 Å². The summed E-state index contributed by atoms with van der Waals surface area (Å²) in [5.41, 5.74) is -0.647. The standard InChI is InChI=1S/C19H30F3N5OS.HI/c1-23-17(24-11-16-26-15(12-29-16)19(20,21)22)25-13-18(5-3-2-4-6-18)14-27-7-9-28-10-8-27;/h12H,2-11,13-14H2,1H3,(H2,23,24,25);1H. The maximum atomic E-state index is 12.7. The summed E-state index contributed by atoms with van der Waals surface area (Å²) in [5, 5.41) is 7.95. The fourth-order valence-corrected chi connectivity index (χ4v) is 4.84. The fraction of sp³-hybridized carbons (Fsp3) is 0.789. The first kappa shape index (κ1) is 25.6. The molecular formula is C19H31F3IN5OS. The highest BCUT2D eigenvalue weighted by Crippen LogP contribution is 2.37. The second kappa shape index (κ2) is 11.8. The largest absolute Gasteiger partial charge is 0.434 e. The van der Waals surface area contributed by atoms with Gasteiger partial charge in [0.1, 0.15) is 5.01 Å². The van der Waals surface area contributed by atoms with Crippen molar-refractivity contribution in [3.63, 3.8) is 0 Å². The summed E-state index contributed by atoms with van der Waals surface area (Å²) < 4.78 is 43.6. The molecule has 1 aliphatic carbocycles. The van der Waals surface area contributed by atoms with Crippen molar-refractivity contribution in [2.75, 3.05) is 46.4 Å². The number of ether oxygens (including phenoxy) is 1. The first-order chi connectivity index (χ1) is 13.9. The van der Waals surface area contributed by atoms with Gasteiger partial charge in [-0.2, -0.15) is 13.2 Å². The Kier molecular flexibility index (Phi) is 10.1. The van der Waals surface area contributed by atoms with Gasteiger partial charge in [-0.25, -0.2) is 4.98 Å². The number of halogens is 4. The van der Waals surface area contributed by atoms with Gasteiger partial charge in [0.2, 0.25) is 0 Å². The molecule has 1 saturated carbocycles. The van der Waals surface area contributed by atoms with Gasteiger partial charge in [0.15, 0.2) is 11.7 Å². The molecule has 30 heavy (non-hydrogen) atoms. The number of morpholine rings is 1. The Morgan fingerprint density at radius 2 is 1.93 bits per heavy atom. The summed E-state index contributed by atoms with van der Waals surface area (Å²) in [4.78, 5) is 10.4. The molecule has 2 fully saturated rings. The van der Waals surface area contributed by atoms with Crippen molar-refractivity contribution in [3.05, 3.63) is 16.1 Å². The number of aliphatic imine (C=N–C) groups is 1. The topological polar surface area (TPSA) is 61.8 Å². The molecule has 0 bridgehead atoms. The number of aromatic nitrogens is 1. The van der Waals surface area contributed by atoms with Crippen molar-refractivity contribution in [1.29, 1.82) is 0 Å². The molecule has 1 aromatic rings. The molecule has 2 aliphatic rings. The zero-order chi connectivity index (χ0) is 20.7. The van der Waals surface area contributed by atoms with E-state index in [1.807, 2.05) is 0 Å². The second-order valence-corrected chi connectivity index (χ2v) is 8.80. The highest BCUT2D eigenvalue weighted by Gasteiger charge is 2.35. The fourth-order valence-electron chi connectivity index (χ4n) is 4.10. The SMILES string of the molecule is CN=C(NCc1nc(C(F)(F)F)cs1)NCC1(CN2CCOCC2)CCCCC1.I. The maximum absolute atomic E-state index is 12.7. The Bertz CT molecular complexity index is 673. The third-order valence-electron chi connectivity index (χ3n) is 5.68. The summed E-state index contributed by atoms with van der Waals surface area (Å²) in [5.74, 6) is 0.598. The second-order valence-electron chi connectivity index (χ2n) is 7.85. The number of hydrogen-bond donors (Lipinski definition) is 2. The number of thiazole rings is 1. The first-order valence-corrected chi connectivity index (χ1v) is 11.0. The number of nitrogens with one attached hydrogen (secondary N) is 2. The van der Waals surface area contributed by atoms with Crippen molar-refractivity contribution in [2.45, 2.75) is 44.8 Å². The molecule has 2 heterocycles. The molecule has 3 rings (SSSR count). The van der Waals surface area contributed by atoms with Gasteiger partial charge in [-0.05, 0) is 12.8 Å². The zero-order valence-electron chi connectivity index (χ0n) is 17.3. The van der Waals surface area contributed by atoms with Gasteiger partial charge in [0.25, 0.3) is 0 Å². The summed E-state index contributed by atoms with van der Waals surface area (Å²) in [6.07, 6.45) is 1.70. The predicted molar refractivity (Wildman–Crippen MR) is 124 cm³/mol. The molecule has 0 unspecified atom stereocenters. The van der Waals surface area contributed by atoms with E-state index >= 15 is 0 Å². The predicted octanol–water partition coefficient (Wildman–Crippen LogP) is 3.73. The van der Waals surface area contributed by atoms with E-state index < -0.39 is 11.9 Å². The van der Waals surface area contributed by atoms with Gasteiger partial charge in [-0.1, -0.05) is 19.3 Å². The molecular weight excluding hydrogens is 530 g/mol. The van der Waals surface area contributed by atoms with Gasteiger partial charge in [-0.15, -0.1) is 35.3 Å². The van der Waals surface area contributed by atoms with Gasteiger partial charge in [-0.3, -0.25) is 9.89 Å². The van der Waals surface area contributed by atoms with Crippen LogP contribution in [0.15, 0.2) is 10.4 Å². The Morgan fingerprint density at radius 1 is 1.23 bits per heavy atom. The van der Waals surface area contributed by atoms with Crippen LogP contribution in [0.4, 0.5) is 13.2 Å². The molecule has 172 valence electrons. The third-order valence-corrected chi connectivity index (χ3v) is 6.53. The normalized spacial score (nSPS) is 20.5. The van der Waals surface area contributed by atoms with Crippen LogP contribution in [-0.4, -0.2) is 62.3 Å². The van der Waals surface area contributed by atoms with E-state index in [-0.39, 0.29) is 35.9 Å². The lowest BCUT2D eigenvalue weighted by Gasteiger charge is -2.42. The Morgan fingerprint density at radius 3 is 2.53 bits per heavy atom. The third kappa shape index (κ3) is 7.49. The van der Waals surface area contributed by atoms with E-state index in [1.165, 1.54) is 32.1 Å². The molecule has 0 atom stereocenters. The van der Waals surface area contributed by atoms with E-state index in [0.29, 0.717) is 11.0 Å². The van der Waals surface area contributed by atoms with Gasteiger partial charge in [0.05, 0.1) is 19.8 Å². The minimum atomic E-state index is -4.40. The summed E-state index contributed by atoms with van der Waals surface area (Å²) in [6, 6.07) is 0. The number of nitrogens with zero attached hydrogens (tertiary/aromatic N) is 3. The smallest absolute Gasteiger partial charge is 0.379 e. The number of alkyl halides is 3. The molecule has 1 aromatic heterocycles.